The number of hydrogen-bond donors (Lipinski definition) is 1. The largest absolute Gasteiger partial charge is 0.493 e. The summed E-state index contributed by atoms with van der Waals surface area (Å²) in [7, 11) is 3.24. The van der Waals surface area contributed by atoms with Crippen molar-refractivity contribution < 1.29 is 19.1 Å². The normalized spacial score (nSPS) is 19.3. The predicted molar refractivity (Wildman–Crippen MR) is 141 cm³/mol. The maximum absolute atomic E-state index is 13.6. The van der Waals surface area contributed by atoms with Crippen molar-refractivity contribution in [3.8, 4) is 11.5 Å². The van der Waals surface area contributed by atoms with Gasteiger partial charge in [0.05, 0.1) is 25.9 Å². The fourth-order valence-electron chi connectivity index (χ4n) is 5.36. The van der Waals surface area contributed by atoms with E-state index in [1.54, 1.807) is 38.5 Å². The van der Waals surface area contributed by atoms with E-state index >= 15 is 0 Å². The number of methoxy groups -OCH3 is 2. The van der Waals surface area contributed by atoms with E-state index < -0.39 is 5.66 Å². The van der Waals surface area contributed by atoms with E-state index in [1.807, 2.05) is 28.0 Å². The molecule has 7 nitrogen and oxygen atoms in total. The van der Waals surface area contributed by atoms with E-state index in [0.717, 1.165) is 12.0 Å². The van der Waals surface area contributed by atoms with E-state index in [-0.39, 0.29) is 17.9 Å². The van der Waals surface area contributed by atoms with Crippen molar-refractivity contribution in [1.82, 2.24) is 15.1 Å². The summed E-state index contributed by atoms with van der Waals surface area (Å²) in [5.74, 6) is 1.93. The molecule has 1 spiro atoms. The minimum atomic E-state index is -0.441. The fraction of sp³-hybridized carbons (Fsp3) is 0.500. The molecule has 2 aromatic carbocycles. The summed E-state index contributed by atoms with van der Waals surface area (Å²) in [4.78, 5) is 30.5. The number of rotatable bonds is 8. The smallest absolute Gasteiger partial charge is 0.253 e. The molecule has 2 heterocycles. The van der Waals surface area contributed by atoms with E-state index in [0.29, 0.717) is 66.9 Å². The van der Waals surface area contributed by atoms with Crippen LogP contribution in [0.4, 0.5) is 0 Å². The molecular formula is C28H36ClN3O4. The van der Waals surface area contributed by atoms with E-state index in [2.05, 4.69) is 19.2 Å². The Balaban J connectivity index is 1.49. The molecule has 2 aliphatic rings. The number of nitrogens with zero attached hydrogens (tertiary/aromatic N) is 2. The number of likely N-dealkylation sites (tertiary alicyclic amines) is 1. The lowest BCUT2D eigenvalue weighted by atomic mass is 9.94. The monoisotopic (exact) mass is 513 g/mol. The zero-order valence-corrected chi connectivity index (χ0v) is 22.3. The molecule has 194 valence electrons. The van der Waals surface area contributed by atoms with Gasteiger partial charge in [0.15, 0.2) is 11.5 Å². The molecule has 2 aliphatic heterocycles. The van der Waals surface area contributed by atoms with E-state index in [4.69, 9.17) is 21.1 Å². The highest BCUT2D eigenvalue weighted by Crippen LogP contribution is 2.35. The number of halogens is 1. The van der Waals surface area contributed by atoms with Crippen LogP contribution < -0.4 is 14.8 Å². The Bertz CT molecular complexity index is 1080. The Morgan fingerprint density at radius 1 is 1.08 bits per heavy atom. The van der Waals surface area contributed by atoms with Gasteiger partial charge in [0, 0.05) is 43.1 Å². The van der Waals surface area contributed by atoms with Crippen molar-refractivity contribution in [2.45, 2.75) is 51.2 Å². The second kappa shape index (κ2) is 11.1. The van der Waals surface area contributed by atoms with E-state index in [9.17, 15) is 9.59 Å². The van der Waals surface area contributed by atoms with Gasteiger partial charge in [-0.1, -0.05) is 31.5 Å². The summed E-state index contributed by atoms with van der Waals surface area (Å²) in [5.41, 5.74) is 1.27. The van der Waals surface area contributed by atoms with Crippen molar-refractivity contribution >= 4 is 23.4 Å². The Labute approximate surface area is 218 Å². The molecule has 0 bridgehead atoms. The van der Waals surface area contributed by atoms with Crippen LogP contribution in [0.2, 0.25) is 5.02 Å². The number of piperidine rings is 1. The second-order valence-electron chi connectivity index (χ2n) is 10.1. The zero-order valence-electron chi connectivity index (χ0n) is 21.6. The quantitative estimate of drug-likeness (QED) is 0.567. The standard InChI is InChI=1S/C28H36ClN3O4/c1-19(2)17-23-27(34)32(14-11-20-5-10-24(35-3)25(18-20)36-4)28(30-23)12-15-31(16-13-28)26(33)21-6-8-22(29)9-7-21/h5-10,18-19,23,30H,11-17H2,1-4H3/t23-/m1/s1. The number of hydrogen-bond acceptors (Lipinski definition) is 5. The van der Waals surface area contributed by atoms with Gasteiger partial charge in [0.1, 0.15) is 0 Å². The number of nitrogens with one attached hydrogen (secondary N) is 1. The van der Waals surface area contributed by atoms with Crippen LogP contribution in [-0.2, 0) is 11.2 Å². The topological polar surface area (TPSA) is 71.1 Å². The third-order valence-corrected chi connectivity index (χ3v) is 7.52. The van der Waals surface area contributed by atoms with Crippen molar-refractivity contribution in [2.24, 2.45) is 5.92 Å². The van der Waals surface area contributed by atoms with Crippen LogP contribution in [0.15, 0.2) is 42.5 Å². The Morgan fingerprint density at radius 3 is 2.36 bits per heavy atom. The first kappa shape index (κ1) is 26.3. The van der Waals surface area contributed by atoms with Crippen LogP contribution in [0, 0.1) is 5.92 Å². The average molecular weight is 514 g/mol. The first-order valence-corrected chi connectivity index (χ1v) is 13.0. The van der Waals surface area contributed by atoms with Crippen molar-refractivity contribution in [1.29, 1.82) is 0 Å². The van der Waals surface area contributed by atoms with E-state index in [1.165, 1.54) is 0 Å². The first-order chi connectivity index (χ1) is 17.3. The maximum atomic E-state index is 13.6. The van der Waals surface area contributed by atoms with Gasteiger partial charge in [-0.2, -0.15) is 0 Å². The van der Waals surface area contributed by atoms with Gasteiger partial charge in [-0.25, -0.2) is 0 Å². The number of amides is 2. The van der Waals surface area contributed by atoms with Gasteiger partial charge in [-0.3, -0.25) is 14.9 Å². The highest BCUT2D eigenvalue weighted by atomic mass is 35.5. The lowest BCUT2D eigenvalue weighted by molar-refractivity contribution is -0.133. The molecule has 1 atom stereocenters. The highest BCUT2D eigenvalue weighted by Gasteiger charge is 2.51. The third kappa shape index (κ3) is 5.47. The Kier molecular flexibility index (Phi) is 8.10. The molecule has 2 amide bonds. The molecule has 2 saturated heterocycles. The highest BCUT2D eigenvalue weighted by molar-refractivity contribution is 6.30. The molecule has 4 rings (SSSR count). The SMILES string of the molecule is COc1ccc(CCN2C(=O)[C@@H](CC(C)C)NC23CCN(C(=O)c2ccc(Cl)cc2)CC3)cc1OC. The van der Waals surface area contributed by atoms with Crippen LogP contribution in [0.25, 0.3) is 0 Å². The minimum absolute atomic E-state index is 0.00134. The van der Waals surface area contributed by atoms with Crippen molar-refractivity contribution in [2.75, 3.05) is 33.9 Å². The fourth-order valence-corrected chi connectivity index (χ4v) is 5.49. The van der Waals surface area contributed by atoms with Gasteiger partial charge in [-0.15, -0.1) is 0 Å². The Hall–Kier alpha value is -2.77. The van der Waals surface area contributed by atoms with Crippen LogP contribution >= 0.6 is 11.6 Å². The second-order valence-corrected chi connectivity index (χ2v) is 10.5. The first-order valence-electron chi connectivity index (χ1n) is 12.6. The number of benzene rings is 2. The summed E-state index contributed by atoms with van der Waals surface area (Å²) >= 11 is 5.99. The van der Waals surface area contributed by atoms with Gasteiger partial charge < -0.3 is 19.3 Å². The number of carbonyl (C=O) groups excluding carboxylic acids is 2. The molecule has 0 aliphatic carbocycles. The van der Waals surface area contributed by atoms with Crippen LogP contribution in [0.5, 0.6) is 11.5 Å². The summed E-state index contributed by atoms with van der Waals surface area (Å²) in [5, 5.41) is 4.31. The van der Waals surface area contributed by atoms with Gasteiger partial charge in [0.2, 0.25) is 5.91 Å². The average Bonchev–Trinajstić information content (AvgIpc) is 3.12. The molecule has 8 heteroatoms. The molecule has 0 aromatic heterocycles. The summed E-state index contributed by atoms with van der Waals surface area (Å²) in [6.07, 6.45) is 2.88. The van der Waals surface area contributed by atoms with Crippen molar-refractivity contribution in [3.05, 3.63) is 58.6 Å². The lowest BCUT2D eigenvalue weighted by Gasteiger charge is -2.44. The molecule has 2 aromatic rings. The number of ether oxygens (including phenoxy) is 2. The molecule has 0 saturated carbocycles. The third-order valence-electron chi connectivity index (χ3n) is 7.27. The maximum Gasteiger partial charge on any atom is 0.253 e. The summed E-state index contributed by atoms with van der Waals surface area (Å²) < 4.78 is 10.8. The lowest BCUT2D eigenvalue weighted by Crippen LogP contribution is -2.60. The Morgan fingerprint density at radius 2 is 1.75 bits per heavy atom. The molecular weight excluding hydrogens is 478 g/mol. The van der Waals surface area contributed by atoms with Gasteiger partial charge in [-0.05, 0) is 60.7 Å². The molecule has 1 N–H and O–H groups in total. The van der Waals surface area contributed by atoms with Crippen LogP contribution in [0.1, 0.15) is 49.0 Å². The molecule has 2 fully saturated rings. The predicted octanol–water partition coefficient (Wildman–Crippen LogP) is 4.38. The minimum Gasteiger partial charge on any atom is -0.493 e. The molecule has 0 unspecified atom stereocenters. The number of carbonyl (C=O) groups is 2. The molecule has 36 heavy (non-hydrogen) atoms. The van der Waals surface area contributed by atoms with Gasteiger partial charge in [0.25, 0.3) is 5.91 Å². The summed E-state index contributed by atoms with van der Waals surface area (Å²) in [6, 6.07) is 12.7. The molecule has 0 radical (unpaired) electrons. The van der Waals surface area contributed by atoms with Gasteiger partial charge >= 0.3 is 0 Å². The van der Waals surface area contributed by atoms with Crippen LogP contribution in [0.3, 0.4) is 0 Å². The zero-order chi connectivity index (χ0) is 25.9. The van der Waals surface area contributed by atoms with Crippen molar-refractivity contribution in [3.63, 3.8) is 0 Å². The summed E-state index contributed by atoms with van der Waals surface area (Å²) in [6.45, 7) is 6.05. The van der Waals surface area contributed by atoms with Crippen LogP contribution in [-0.4, -0.2) is 67.2 Å².